The third-order valence-electron chi connectivity index (χ3n) is 3.01. The van der Waals surface area contributed by atoms with Crippen LogP contribution in [-0.4, -0.2) is 47.3 Å². The second-order valence-corrected chi connectivity index (χ2v) is 4.60. The smallest absolute Gasteiger partial charge is 0.303 e. The zero-order valence-corrected chi connectivity index (χ0v) is 9.35. The minimum atomic E-state index is -0.837. The summed E-state index contributed by atoms with van der Waals surface area (Å²) in [5.41, 5.74) is 0. The summed E-state index contributed by atoms with van der Waals surface area (Å²) in [5, 5.41) is 18.0. The Morgan fingerprint density at radius 3 is 2.67 bits per heavy atom. The van der Waals surface area contributed by atoms with E-state index in [1.165, 1.54) is 19.3 Å². The van der Waals surface area contributed by atoms with Gasteiger partial charge in [0.05, 0.1) is 6.10 Å². The van der Waals surface area contributed by atoms with Gasteiger partial charge < -0.3 is 15.1 Å². The Morgan fingerprint density at radius 2 is 2.20 bits per heavy atom. The van der Waals surface area contributed by atoms with Gasteiger partial charge in [0.25, 0.3) is 0 Å². The van der Waals surface area contributed by atoms with Gasteiger partial charge in [0.15, 0.2) is 0 Å². The predicted molar refractivity (Wildman–Crippen MR) is 57.7 cm³/mol. The third-order valence-corrected chi connectivity index (χ3v) is 3.01. The zero-order chi connectivity index (χ0) is 11.3. The molecule has 1 saturated carbocycles. The van der Waals surface area contributed by atoms with Crippen molar-refractivity contribution in [3.8, 4) is 0 Å². The average molecular weight is 215 g/mol. The van der Waals surface area contributed by atoms with E-state index >= 15 is 0 Å². The molecule has 1 aliphatic carbocycles. The molecular formula is C11H21NO3. The Kier molecular flexibility index (Phi) is 5.05. The van der Waals surface area contributed by atoms with Crippen LogP contribution in [-0.2, 0) is 4.79 Å². The van der Waals surface area contributed by atoms with Crippen molar-refractivity contribution in [2.45, 2.75) is 38.2 Å². The first kappa shape index (κ1) is 12.5. The average Bonchev–Trinajstić information content (AvgIpc) is 2.08. The molecule has 0 amide bonds. The molecule has 1 unspecified atom stereocenters. The number of hydrogen-bond donors (Lipinski definition) is 2. The van der Waals surface area contributed by atoms with Crippen LogP contribution in [0.4, 0.5) is 0 Å². The van der Waals surface area contributed by atoms with Gasteiger partial charge in [0, 0.05) is 19.5 Å². The summed E-state index contributed by atoms with van der Waals surface area (Å²) >= 11 is 0. The van der Waals surface area contributed by atoms with E-state index in [4.69, 9.17) is 5.11 Å². The first-order valence-electron chi connectivity index (χ1n) is 5.66. The van der Waals surface area contributed by atoms with Crippen LogP contribution in [0, 0.1) is 5.92 Å². The van der Waals surface area contributed by atoms with Crippen LogP contribution in [0.1, 0.15) is 32.1 Å². The summed E-state index contributed by atoms with van der Waals surface area (Å²) in [6, 6.07) is 0. The fourth-order valence-electron chi connectivity index (χ4n) is 1.93. The standard InChI is InChI=1S/C11H21NO3/c1-12(7-9-3-2-4-9)8-10(13)5-6-11(14)15/h9-10,13H,2-8H2,1H3,(H,14,15). The number of carbonyl (C=O) groups is 1. The van der Waals surface area contributed by atoms with Gasteiger partial charge in [-0.3, -0.25) is 4.79 Å². The summed E-state index contributed by atoms with van der Waals surface area (Å²) in [5.74, 6) is -0.0441. The van der Waals surface area contributed by atoms with E-state index in [1.807, 2.05) is 7.05 Å². The molecule has 0 aromatic rings. The molecule has 2 N–H and O–H groups in total. The number of aliphatic carboxylic acids is 1. The lowest BCUT2D eigenvalue weighted by molar-refractivity contribution is -0.137. The van der Waals surface area contributed by atoms with Gasteiger partial charge in [0.1, 0.15) is 0 Å². The highest BCUT2D eigenvalue weighted by molar-refractivity contribution is 5.66. The molecule has 0 aromatic heterocycles. The molecule has 1 aliphatic rings. The van der Waals surface area contributed by atoms with Gasteiger partial charge in [-0.1, -0.05) is 6.42 Å². The summed E-state index contributed by atoms with van der Waals surface area (Å²) in [6.07, 6.45) is 3.83. The number of aliphatic hydroxyl groups is 1. The summed E-state index contributed by atoms with van der Waals surface area (Å²) in [6.45, 7) is 1.62. The molecule has 0 heterocycles. The van der Waals surface area contributed by atoms with Crippen LogP contribution in [0.5, 0.6) is 0 Å². The molecule has 15 heavy (non-hydrogen) atoms. The lowest BCUT2D eigenvalue weighted by atomic mass is 9.85. The Bertz CT molecular complexity index is 204. The topological polar surface area (TPSA) is 60.8 Å². The fourth-order valence-corrected chi connectivity index (χ4v) is 1.93. The van der Waals surface area contributed by atoms with Crippen LogP contribution in [0.3, 0.4) is 0 Å². The van der Waals surface area contributed by atoms with Gasteiger partial charge in [-0.15, -0.1) is 0 Å². The van der Waals surface area contributed by atoms with Crippen molar-refractivity contribution >= 4 is 5.97 Å². The van der Waals surface area contributed by atoms with Crippen LogP contribution in [0.25, 0.3) is 0 Å². The molecule has 0 spiro atoms. The fraction of sp³-hybridized carbons (Fsp3) is 0.909. The van der Waals surface area contributed by atoms with Crippen molar-refractivity contribution in [2.24, 2.45) is 5.92 Å². The van der Waals surface area contributed by atoms with Crippen molar-refractivity contribution in [3.63, 3.8) is 0 Å². The second-order valence-electron chi connectivity index (χ2n) is 4.60. The number of nitrogens with zero attached hydrogens (tertiary/aromatic N) is 1. The molecule has 1 rings (SSSR count). The van der Waals surface area contributed by atoms with Crippen molar-refractivity contribution < 1.29 is 15.0 Å². The minimum absolute atomic E-state index is 0.0540. The summed E-state index contributed by atoms with van der Waals surface area (Å²) in [4.78, 5) is 12.4. The molecule has 4 nitrogen and oxygen atoms in total. The van der Waals surface area contributed by atoms with E-state index in [0.717, 1.165) is 12.5 Å². The third kappa shape index (κ3) is 5.14. The van der Waals surface area contributed by atoms with E-state index in [1.54, 1.807) is 0 Å². The lowest BCUT2D eigenvalue weighted by Crippen LogP contribution is -2.35. The van der Waals surface area contributed by atoms with Crippen LogP contribution >= 0.6 is 0 Å². The highest BCUT2D eigenvalue weighted by Crippen LogP contribution is 2.26. The van der Waals surface area contributed by atoms with E-state index in [0.29, 0.717) is 13.0 Å². The number of aliphatic hydroxyl groups excluding tert-OH is 1. The Balaban J connectivity index is 2.07. The highest BCUT2D eigenvalue weighted by atomic mass is 16.4. The molecule has 1 fully saturated rings. The van der Waals surface area contributed by atoms with Crippen molar-refractivity contribution in [1.29, 1.82) is 0 Å². The van der Waals surface area contributed by atoms with Crippen LogP contribution in [0.2, 0.25) is 0 Å². The van der Waals surface area contributed by atoms with E-state index in [2.05, 4.69) is 4.90 Å². The van der Waals surface area contributed by atoms with Crippen molar-refractivity contribution in [1.82, 2.24) is 4.90 Å². The van der Waals surface area contributed by atoms with E-state index < -0.39 is 12.1 Å². The molecule has 0 aromatic carbocycles. The van der Waals surface area contributed by atoms with E-state index in [9.17, 15) is 9.90 Å². The molecular weight excluding hydrogens is 194 g/mol. The van der Waals surface area contributed by atoms with Crippen molar-refractivity contribution in [3.05, 3.63) is 0 Å². The maximum Gasteiger partial charge on any atom is 0.303 e. The maximum atomic E-state index is 10.3. The summed E-state index contributed by atoms with van der Waals surface area (Å²) in [7, 11) is 1.99. The number of hydrogen-bond acceptors (Lipinski definition) is 3. The van der Waals surface area contributed by atoms with Gasteiger partial charge in [-0.05, 0) is 32.2 Å². The number of carboxylic acids is 1. The maximum absolute atomic E-state index is 10.3. The van der Waals surface area contributed by atoms with Gasteiger partial charge in [0.2, 0.25) is 0 Å². The molecule has 1 atom stereocenters. The highest BCUT2D eigenvalue weighted by Gasteiger charge is 2.20. The number of rotatable bonds is 7. The molecule has 0 saturated heterocycles. The monoisotopic (exact) mass is 215 g/mol. The lowest BCUT2D eigenvalue weighted by Gasteiger charge is -2.31. The van der Waals surface area contributed by atoms with Crippen molar-refractivity contribution in [2.75, 3.05) is 20.1 Å². The molecule has 0 bridgehead atoms. The minimum Gasteiger partial charge on any atom is -0.481 e. The molecule has 88 valence electrons. The van der Waals surface area contributed by atoms with Crippen LogP contribution in [0.15, 0.2) is 0 Å². The Hall–Kier alpha value is -0.610. The largest absolute Gasteiger partial charge is 0.481 e. The van der Waals surface area contributed by atoms with Gasteiger partial charge >= 0.3 is 5.97 Å². The Labute approximate surface area is 90.9 Å². The van der Waals surface area contributed by atoms with Crippen LogP contribution < -0.4 is 0 Å². The predicted octanol–water partition coefficient (Wildman–Crippen LogP) is 0.944. The normalized spacial score (nSPS) is 18.9. The van der Waals surface area contributed by atoms with Gasteiger partial charge in [-0.2, -0.15) is 0 Å². The number of carboxylic acid groups (broad SMARTS) is 1. The molecule has 0 radical (unpaired) electrons. The first-order valence-corrected chi connectivity index (χ1v) is 5.66. The summed E-state index contributed by atoms with van der Waals surface area (Å²) < 4.78 is 0. The Morgan fingerprint density at radius 1 is 1.53 bits per heavy atom. The zero-order valence-electron chi connectivity index (χ0n) is 9.35. The van der Waals surface area contributed by atoms with E-state index in [-0.39, 0.29) is 6.42 Å². The van der Waals surface area contributed by atoms with Gasteiger partial charge in [-0.25, -0.2) is 0 Å². The molecule has 4 heteroatoms. The number of likely N-dealkylation sites (N-methyl/N-ethyl adjacent to an activating group) is 1. The first-order chi connectivity index (χ1) is 7.08. The quantitative estimate of drug-likeness (QED) is 0.663. The second kappa shape index (κ2) is 6.08. The SMILES string of the molecule is CN(CC(O)CCC(=O)O)CC1CCC1. The molecule has 0 aliphatic heterocycles.